The first kappa shape index (κ1) is 13.1. The summed E-state index contributed by atoms with van der Waals surface area (Å²) in [6.45, 7) is 1.97. The molecule has 1 heterocycles. The van der Waals surface area contributed by atoms with E-state index in [9.17, 15) is 0 Å². The van der Waals surface area contributed by atoms with Gasteiger partial charge in [0, 0.05) is 11.1 Å². The molecule has 3 rings (SSSR count). The van der Waals surface area contributed by atoms with Gasteiger partial charge in [-0.25, -0.2) is 4.68 Å². The second kappa shape index (κ2) is 5.23. The quantitative estimate of drug-likeness (QED) is 0.805. The smallest absolute Gasteiger partial charge is 0.113 e. The summed E-state index contributed by atoms with van der Waals surface area (Å²) in [5.74, 6) is 0. The highest BCUT2D eigenvalue weighted by Crippen LogP contribution is 2.23. The Morgan fingerprint density at radius 1 is 1.25 bits per heavy atom. The first-order valence-electron chi connectivity index (χ1n) is 6.50. The minimum atomic E-state index is 0.0885. The predicted molar refractivity (Wildman–Crippen MR) is 81.2 cm³/mol. The molecule has 0 bridgehead atoms. The molecule has 0 saturated heterocycles. The minimum absolute atomic E-state index is 0.0885. The van der Waals surface area contributed by atoms with Crippen molar-refractivity contribution >= 4 is 22.6 Å². The van der Waals surface area contributed by atoms with Crippen molar-refractivity contribution in [2.24, 2.45) is 5.73 Å². The van der Waals surface area contributed by atoms with Gasteiger partial charge in [0.25, 0.3) is 0 Å². The van der Waals surface area contributed by atoms with E-state index < -0.39 is 0 Å². The molecule has 5 heteroatoms. The van der Waals surface area contributed by atoms with E-state index in [4.69, 9.17) is 17.3 Å². The summed E-state index contributed by atoms with van der Waals surface area (Å²) in [6, 6.07) is 13.8. The summed E-state index contributed by atoms with van der Waals surface area (Å²) >= 11 is 6.32. The van der Waals surface area contributed by atoms with Crippen LogP contribution in [0, 0.1) is 0 Å². The average molecular weight is 287 g/mol. The Balaban J connectivity index is 2.04. The van der Waals surface area contributed by atoms with Gasteiger partial charge in [-0.3, -0.25) is 0 Å². The van der Waals surface area contributed by atoms with Crippen LogP contribution in [0.2, 0.25) is 5.02 Å². The van der Waals surface area contributed by atoms with Crippen LogP contribution in [0.1, 0.15) is 12.5 Å². The van der Waals surface area contributed by atoms with Gasteiger partial charge in [0.1, 0.15) is 5.52 Å². The molecule has 102 valence electrons. The first-order chi connectivity index (χ1) is 9.65. The van der Waals surface area contributed by atoms with Gasteiger partial charge in [-0.05, 0) is 43.2 Å². The van der Waals surface area contributed by atoms with Gasteiger partial charge in [0.05, 0.1) is 11.2 Å². The van der Waals surface area contributed by atoms with Crippen LogP contribution in [-0.2, 0) is 6.42 Å². The predicted octanol–water partition coefficient (Wildman–Crippen LogP) is 2.96. The van der Waals surface area contributed by atoms with Crippen molar-refractivity contribution in [3.63, 3.8) is 0 Å². The molecule has 0 amide bonds. The molecule has 20 heavy (non-hydrogen) atoms. The minimum Gasteiger partial charge on any atom is -0.328 e. The summed E-state index contributed by atoms with van der Waals surface area (Å²) in [7, 11) is 0. The third-order valence-corrected chi connectivity index (χ3v) is 3.53. The van der Waals surface area contributed by atoms with E-state index in [0.717, 1.165) is 28.7 Å². The summed E-state index contributed by atoms with van der Waals surface area (Å²) in [5, 5.41) is 9.03. The van der Waals surface area contributed by atoms with Gasteiger partial charge in [0.15, 0.2) is 0 Å². The zero-order valence-electron chi connectivity index (χ0n) is 11.1. The maximum atomic E-state index is 6.32. The number of hydrogen-bond acceptors (Lipinski definition) is 3. The number of rotatable bonds is 3. The third kappa shape index (κ3) is 2.40. The highest BCUT2D eigenvalue weighted by molar-refractivity contribution is 6.31. The highest BCUT2D eigenvalue weighted by atomic mass is 35.5. The fraction of sp³-hybridized carbons (Fsp3) is 0.200. The molecule has 1 unspecified atom stereocenters. The molecular weight excluding hydrogens is 272 g/mol. The molecule has 0 spiro atoms. The third-order valence-electron chi connectivity index (χ3n) is 3.17. The van der Waals surface area contributed by atoms with Crippen LogP contribution in [0.3, 0.4) is 0 Å². The standard InChI is InChI=1S/C15H15ClN4/c1-10(17)8-11-6-7-12(9-13(11)16)20-15-5-3-2-4-14(15)18-19-20/h2-7,9-10H,8,17H2,1H3. The van der Waals surface area contributed by atoms with Gasteiger partial charge >= 0.3 is 0 Å². The van der Waals surface area contributed by atoms with E-state index in [1.54, 1.807) is 4.68 Å². The van der Waals surface area contributed by atoms with E-state index in [-0.39, 0.29) is 6.04 Å². The average Bonchev–Trinajstić information content (AvgIpc) is 2.84. The molecule has 0 aliphatic rings. The van der Waals surface area contributed by atoms with Gasteiger partial charge < -0.3 is 5.73 Å². The van der Waals surface area contributed by atoms with Crippen LogP contribution in [0.25, 0.3) is 16.7 Å². The zero-order chi connectivity index (χ0) is 14.1. The van der Waals surface area contributed by atoms with Gasteiger partial charge in [-0.2, -0.15) is 0 Å². The lowest BCUT2D eigenvalue weighted by atomic mass is 10.1. The molecular formula is C15H15ClN4. The Hall–Kier alpha value is -1.91. The van der Waals surface area contributed by atoms with Crippen LogP contribution < -0.4 is 5.73 Å². The summed E-state index contributed by atoms with van der Waals surface area (Å²) < 4.78 is 1.79. The Morgan fingerprint density at radius 3 is 2.80 bits per heavy atom. The largest absolute Gasteiger partial charge is 0.328 e. The Kier molecular flexibility index (Phi) is 3.42. The first-order valence-corrected chi connectivity index (χ1v) is 6.88. The molecule has 2 N–H and O–H groups in total. The maximum absolute atomic E-state index is 6.32. The number of aromatic nitrogens is 3. The molecule has 0 aliphatic heterocycles. The summed E-state index contributed by atoms with van der Waals surface area (Å²) in [5.41, 5.74) is 9.59. The van der Waals surface area contributed by atoms with Crippen LogP contribution >= 0.6 is 11.6 Å². The number of nitrogens with zero attached hydrogens (tertiary/aromatic N) is 3. The Labute approximate surface area is 122 Å². The van der Waals surface area contributed by atoms with Crippen molar-refractivity contribution in [3.05, 3.63) is 53.1 Å². The molecule has 1 atom stereocenters. The lowest BCUT2D eigenvalue weighted by molar-refractivity contribution is 0.737. The van der Waals surface area contributed by atoms with Gasteiger partial charge in [0.2, 0.25) is 0 Å². The Bertz CT molecular complexity index is 748. The number of halogens is 1. The number of hydrogen-bond donors (Lipinski definition) is 1. The fourth-order valence-corrected chi connectivity index (χ4v) is 2.49. The normalized spacial score (nSPS) is 12.8. The topological polar surface area (TPSA) is 56.7 Å². The lowest BCUT2D eigenvalue weighted by Crippen LogP contribution is -2.18. The monoisotopic (exact) mass is 286 g/mol. The van der Waals surface area contributed by atoms with Gasteiger partial charge in [-0.1, -0.05) is 35.0 Å². The van der Waals surface area contributed by atoms with Crippen molar-refractivity contribution in [2.75, 3.05) is 0 Å². The highest BCUT2D eigenvalue weighted by Gasteiger charge is 2.09. The zero-order valence-corrected chi connectivity index (χ0v) is 11.9. The van der Waals surface area contributed by atoms with Crippen LogP contribution in [0.15, 0.2) is 42.5 Å². The number of fused-ring (bicyclic) bond motifs is 1. The molecule has 1 aromatic heterocycles. The molecule has 4 nitrogen and oxygen atoms in total. The maximum Gasteiger partial charge on any atom is 0.113 e. The van der Waals surface area contributed by atoms with E-state index in [0.29, 0.717) is 5.02 Å². The number of nitrogens with two attached hydrogens (primary N) is 1. The summed E-state index contributed by atoms with van der Waals surface area (Å²) in [4.78, 5) is 0. The van der Waals surface area contributed by atoms with Crippen molar-refractivity contribution < 1.29 is 0 Å². The van der Waals surface area contributed by atoms with Crippen LogP contribution in [0.5, 0.6) is 0 Å². The molecule has 2 aromatic carbocycles. The van der Waals surface area contributed by atoms with E-state index in [2.05, 4.69) is 10.3 Å². The molecule has 0 aliphatic carbocycles. The Morgan fingerprint density at radius 2 is 2.05 bits per heavy atom. The molecule has 0 fully saturated rings. The van der Waals surface area contributed by atoms with Crippen LogP contribution in [0.4, 0.5) is 0 Å². The van der Waals surface area contributed by atoms with Crippen molar-refractivity contribution in [3.8, 4) is 5.69 Å². The van der Waals surface area contributed by atoms with Crippen LogP contribution in [-0.4, -0.2) is 21.0 Å². The second-order valence-electron chi connectivity index (χ2n) is 4.95. The molecule has 3 aromatic rings. The molecule has 0 radical (unpaired) electrons. The van der Waals surface area contributed by atoms with E-state index in [1.807, 2.05) is 49.4 Å². The lowest BCUT2D eigenvalue weighted by Gasteiger charge is -2.09. The van der Waals surface area contributed by atoms with Crippen molar-refractivity contribution in [1.82, 2.24) is 15.0 Å². The number of benzene rings is 2. The van der Waals surface area contributed by atoms with E-state index in [1.165, 1.54) is 0 Å². The number of para-hydroxylation sites is 1. The summed E-state index contributed by atoms with van der Waals surface area (Å²) in [6.07, 6.45) is 0.761. The van der Waals surface area contributed by atoms with Crippen molar-refractivity contribution in [2.45, 2.75) is 19.4 Å². The SMILES string of the molecule is CC(N)Cc1ccc(-n2nnc3ccccc32)cc1Cl. The fourth-order valence-electron chi connectivity index (χ4n) is 2.24. The molecule has 0 saturated carbocycles. The van der Waals surface area contributed by atoms with Gasteiger partial charge in [-0.15, -0.1) is 5.10 Å². The van der Waals surface area contributed by atoms with E-state index >= 15 is 0 Å². The second-order valence-corrected chi connectivity index (χ2v) is 5.35. The van der Waals surface area contributed by atoms with Crippen molar-refractivity contribution in [1.29, 1.82) is 0 Å².